The molecular formula is C42H34N4O4S. The van der Waals surface area contributed by atoms with Gasteiger partial charge in [0.15, 0.2) is 11.5 Å². The van der Waals surface area contributed by atoms with Crippen LogP contribution in [-0.2, 0) is 0 Å². The van der Waals surface area contributed by atoms with Gasteiger partial charge < -0.3 is 28.7 Å². The lowest BCUT2D eigenvalue weighted by molar-refractivity contribution is 0.174. The number of ether oxygens (including phenoxy) is 4. The molecule has 5 aromatic rings. The summed E-state index contributed by atoms with van der Waals surface area (Å²) in [7, 11) is 3.33. The van der Waals surface area contributed by atoms with E-state index in [-0.39, 0.29) is 5.70 Å². The molecule has 8 nitrogen and oxygen atoms in total. The van der Waals surface area contributed by atoms with E-state index in [0.717, 1.165) is 66.6 Å². The largest absolute Gasteiger partial charge is 0.497 e. The van der Waals surface area contributed by atoms with Crippen molar-refractivity contribution in [3.05, 3.63) is 142 Å². The lowest BCUT2D eigenvalue weighted by atomic mass is 9.95. The normalized spacial score (nSPS) is 14.2. The fourth-order valence-electron chi connectivity index (χ4n) is 6.32. The van der Waals surface area contributed by atoms with Gasteiger partial charge in [-0.3, -0.25) is 0 Å². The van der Waals surface area contributed by atoms with Gasteiger partial charge in [-0.05, 0) is 103 Å². The van der Waals surface area contributed by atoms with E-state index in [0.29, 0.717) is 31.1 Å². The Hall–Kier alpha value is -6.42. The van der Waals surface area contributed by atoms with E-state index in [1.165, 1.54) is 0 Å². The molecule has 0 atom stereocenters. The lowest BCUT2D eigenvalue weighted by Gasteiger charge is -2.31. The van der Waals surface area contributed by atoms with E-state index >= 15 is 0 Å². The van der Waals surface area contributed by atoms with Gasteiger partial charge in [-0.25, -0.2) is 10.1 Å². The summed E-state index contributed by atoms with van der Waals surface area (Å²) in [5.74, 6) is 3.03. The van der Waals surface area contributed by atoms with Crippen molar-refractivity contribution < 1.29 is 18.9 Å². The summed E-state index contributed by atoms with van der Waals surface area (Å²) in [5.41, 5.74) is 7.38. The van der Waals surface area contributed by atoms with Crippen molar-refractivity contribution >= 4 is 45.7 Å². The van der Waals surface area contributed by atoms with Gasteiger partial charge in [0, 0.05) is 40.6 Å². The van der Waals surface area contributed by atoms with Crippen molar-refractivity contribution in [2.75, 3.05) is 43.8 Å². The van der Waals surface area contributed by atoms with Gasteiger partial charge in [-0.1, -0.05) is 30.3 Å². The average molecular weight is 691 g/mol. The number of hydrogen-bond acceptors (Lipinski definition) is 8. The molecule has 1 aromatic heterocycles. The number of likely N-dealkylation sites (N-methyl/N-ethyl adjacent to an activating group) is 1. The number of fused-ring (bicyclic) bond motifs is 2. The van der Waals surface area contributed by atoms with Gasteiger partial charge in [0.25, 0.3) is 5.70 Å². The molecule has 0 aliphatic carbocycles. The van der Waals surface area contributed by atoms with Crippen LogP contribution in [0.3, 0.4) is 0 Å². The van der Waals surface area contributed by atoms with Crippen LogP contribution in [0.4, 0.5) is 22.7 Å². The second-order valence-corrected chi connectivity index (χ2v) is 12.6. The molecular weight excluding hydrogens is 657 g/mol. The van der Waals surface area contributed by atoms with Crippen molar-refractivity contribution in [2.45, 2.75) is 6.92 Å². The van der Waals surface area contributed by atoms with Crippen LogP contribution in [0.2, 0.25) is 0 Å². The maximum atomic E-state index is 9.74. The molecule has 0 fully saturated rings. The van der Waals surface area contributed by atoms with E-state index in [1.54, 1.807) is 25.6 Å². The first-order valence-corrected chi connectivity index (χ1v) is 17.3. The van der Waals surface area contributed by atoms with E-state index in [2.05, 4.69) is 51.9 Å². The molecule has 3 heterocycles. The van der Waals surface area contributed by atoms with Crippen LogP contribution in [0, 0.1) is 17.9 Å². The Morgan fingerprint density at radius 3 is 2.02 bits per heavy atom. The standard InChI is InChI=1S/C42H34N4O4S/c1-5-45-32(26-36(37(27-43)44-2)35-8-6-7-9-38(35)45)18-23-39-40-41(50-25-24-49-40)42(51-39)28-10-12-29(13-11-28)46(30-14-19-33(47-3)20-15-30)31-16-21-34(48-4)22-17-31/h6-23,26H,5,24-25H2,1,3-4H3/b23-18+,37-36-. The number of anilines is 4. The number of benzene rings is 4. The fraction of sp³-hybridized carbons (Fsp3) is 0.143. The maximum absolute atomic E-state index is 9.74. The predicted molar refractivity (Wildman–Crippen MR) is 204 cm³/mol. The maximum Gasteiger partial charge on any atom is 0.269 e. The first kappa shape index (κ1) is 33.1. The minimum Gasteiger partial charge on any atom is -0.497 e. The van der Waals surface area contributed by atoms with Crippen LogP contribution in [0.5, 0.6) is 23.0 Å². The fourth-order valence-corrected chi connectivity index (χ4v) is 7.42. The Labute approximate surface area is 301 Å². The van der Waals surface area contributed by atoms with Crippen molar-refractivity contribution in [3.63, 3.8) is 0 Å². The second-order valence-electron chi connectivity index (χ2n) is 11.6. The number of allylic oxidation sites excluding steroid dienone is 4. The summed E-state index contributed by atoms with van der Waals surface area (Å²) >= 11 is 1.61. The molecule has 2 aliphatic heterocycles. The highest BCUT2D eigenvalue weighted by atomic mass is 32.1. The average Bonchev–Trinajstić information content (AvgIpc) is 3.57. The zero-order valence-electron chi connectivity index (χ0n) is 28.4. The molecule has 7 rings (SSSR count). The summed E-state index contributed by atoms with van der Waals surface area (Å²) in [6.45, 7) is 11.3. The van der Waals surface area contributed by atoms with Crippen molar-refractivity contribution in [3.8, 4) is 39.5 Å². The molecule has 0 radical (unpaired) electrons. The number of thiophene rings is 1. The lowest BCUT2D eigenvalue weighted by Crippen LogP contribution is -2.24. The molecule has 9 heteroatoms. The number of nitriles is 1. The summed E-state index contributed by atoms with van der Waals surface area (Å²) in [6.07, 6.45) is 5.99. The van der Waals surface area contributed by atoms with Gasteiger partial charge in [0.1, 0.15) is 24.7 Å². The van der Waals surface area contributed by atoms with Gasteiger partial charge in [-0.2, -0.15) is 0 Å². The van der Waals surface area contributed by atoms with Crippen LogP contribution in [0.1, 0.15) is 17.4 Å². The van der Waals surface area contributed by atoms with Gasteiger partial charge in [-0.15, -0.1) is 11.3 Å². The number of para-hydroxylation sites is 1. The van der Waals surface area contributed by atoms with Crippen molar-refractivity contribution in [1.82, 2.24) is 0 Å². The summed E-state index contributed by atoms with van der Waals surface area (Å²) in [6, 6.07) is 34.4. The summed E-state index contributed by atoms with van der Waals surface area (Å²) in [5, 5.41) is 9.74. The third-order valence-corrected chi connectivity index (χ3v) is 9.92. The van der Waals surface area contributed by atoms with Crippen LogP contribution < -0.4 is 28.7 Å². The zero-order valence-corrected chi connectivity index (χ0v) is 29.2. The van der Waals surface area contributed by atoms with E-state index in [4.69, 9.17) is 25.5 Å². The molecule has 0 unspecified atom stereocenters. The number of nitrogens with zero attached hydrogens (tertiary/aromatic N) is 4. The van der Waals surface area contributed by atoms with E-state index in [1.807, 2.05) is 91.0 Å². The van der Waals surface area contributed by atoms with E-state index in [9.17, 15) is 5.26 Å². The minimum atomic E-state index is 0.0672. The Bertz CT molecular complexity index is 2180. The molecule has 51 heavy (non-hydrogen) atoms. The summed E-state index contributed by atoms with van der Waals surface area (Å²) in [4.78, 5) is 9.80. The Morgan fingerprint density at radius 1 is 0.863 bits per heavy atom. The minimum absolute atomic E-state index is 0.0672. The Balaban J connectivity index is 1.25. The molecule has 0 bridgehead atoms. The van der Waals surface area contributed by atoms with Crippen molar-refractivity contribution in [1.29, 1.82) is 5.26 Å². The quantitative estimate of drug-likeness (QED) is 0.113. The monoisotopic (exact) mass is 690 g/mol. The molecule has 0 amide bonds. The highest BCUT2D eigenvalue weighted by Crippen LogP contribution is 2.51. The number of rotatable bonds is 9. The van der Waals surface area contributed by atoms with Crippen molar-refractivity contribution in [2.24, 2.45) is 0 Å². The molecule has 2 aliphatic rings. The first-order valence-electron chi connectivity index (χ1n) is 16.5. The SMILES string of the molecule is [C-]#[N+]/C(C#N)=C1C=C(/C=C/c2sc(-c3ccc(N(c4ccc(OC)cc4)c4ccc(OC)cc4)cc3)c3c2OCCO3)N(CC)c2ccccc2/1. The van der Waals surface area contributed by atoms with Crippen LogP contribution in [-0.4, -0.2) is 34.0 Å². The molecule has 0 spiro atoms. The highest BCUT2D eigenvalue weighted by molar-refractivity contribution is 7.17. The Kier molecular flexibility index (Phi) is 9.47. The second kappa shape index (κ2) is 14.6. The zero-order chi connectivity index (χ0) is 35.3. The van der Waals surface area contributed by atoms with Crippen LogP contribution >= 0.6 is 11.3 Å². The Morgan fingerprint density at radius 2 is 1.45 bits per heavy atom. The molecule has 4 aromatic carbocycles. The third-order valence-electron chi connectivity index (χ3n) is 8.76. The van der Waals surface area contributed by atoms with Crippen LogP contribution in [0.15, 0.2) is 121 Å². The molecule has 252 valence electrons. The number of methoxy groups -OCH3 is 2. The summed E-state index contributed by atoms with van der Waals surface area (Å²) < 4.78 is 23.2. The van der Waals surface area contributed by atoms with Gasteiger partial charge in [0.2, 0.25) is 0 Å². The smallest absolute Gasteiger partial charge is 0.269 e. The first-order chi connectivity index (χ1) is 25.1. The topological polar surface area (TPSA) is 71.6 Å². The molecule has 0 N–H and O–H groups in total. The van der Waals surface area contributed by atoms with Gasteiger partial charge in [0.05, 0.1) is 36.6 Å². The van der Waals surface area contributed by atoms with E-state index < -0.39 is 0 Å². The third kappa shape index (κ3) is 6.39. The predicted octanol–water partition coefficient (Wildman–Crippen LogP) is 10.3. The van der Waals surface area contributed by atoms with Crippen LogP contribution in [0.25, 0.3) is 26.9 Å². The molecule has 0 saturated carbocycles. The highest BCUT2D eigenvalue weighted by Gasteiger charge is 2.26. The molecule has 0 saturated heterocycles. The number of hydrogen-bond donors (Lipinski definition) is 0. The van der Waals surface area contributed by atoms with Gasteiger partial charge >= 0.3 is 0 Å².